The summed E-state index contributed by atoms with van der Waals surface area (Å²) in [5.41, 5.74) is 5.39. The van der Waals surface area contributed by atoms with E-state index in [0.717, 1.165) is 0 Å². The van der Waals surface area contributed by atoms with Gasteiger partial charge < -0.3 is 10.5 Å². The molecule has 7 nitrogen and oxygen atoms in total. The molecule has 1 fully saturated rings. The third-order valence-electron chi connectivity index (χ3n) is 2.59. The minimum Gasteiger partial charge on any atom is -0.386 e. The maximum atomic E-state index is 12.0. The molecule has 1 rings (SSSR count). The molecule has 1 heterocycles. The second kappa shape index (κ2) is 5.76. The van der Waals surface area contributed by atoms with E-state index in [1.54, 1.807) is 0 Å². The Morgan fingerprint density at radius 1 is 1.41 bits per heavy atom. The van der Waals surface area contributed by atoms with Crippen LogP contribution in [0.15, 0.2) is 0 Å². The van der Waals surface area contributed by atoms with Gasteiger partial charge in [0.25, 0.3) is 10.2 Å². The lowest BCUT2D eigenvalue weighted by Crippen LogP contribution is -2.54. The number of nitrogens with two attached hydrogens (primary N) is 1. The van der Waals surface area contributed by atoms with Gasteiger partial charge in [0.2, 0.25) is 0 Å². The van der Waals surface area contributed by atoms with Crippen molar-refractivity contribution in [2.24, 2.45) is 11.7 Å². The van der Waals surface area contributed by atoms with Crippen molar-refractivity contribution in [2.75, 3.05) is 26.3 Å². The van der Waals surface area contributed by atoms with Crippen molar-refractivity contribution in [2.45, 2.75) is 19.9 Å². The van der Waals surface area contributed by atoms with Crippen LogP contribution < -0.4 is 10.5 Å². The highest BCUT2D eigenvalue weighted by Crippen LogP contribution is 2.08. The van der Waals surface area contributed by atoms with E-state index in [9.17, 15) is 8.42 Å². The Balaban J connectivity index is 2.73. The van der Waals surface area contributed by atoms with Crippen LogP contribution in [0.4, 0.5) is 0 Å². The number of ether oxygens (including phenoxy) is 1. The largest absolute Gasteiger partial charge is 0.386 e. The number of rotatable bonds is 5. The Morgan fingerprint density at radius 2 is 1.94 bits per heavy atom. The van der Waals surface area contributed by atoms with Crippen molar-refractivity contribution < 1.29 is 13.2 Å². The van der Waals surface area contributed by atoms with Crippen LogP contribution in [0.2, 0.25) is 0 Å². The summed E-state index contributed by atoms with van der Waals surface area (Å²) >= 11 is 0. The van der Waals surface area contributed by atoms with Crippen LogP contribution in [-0.4, -0.2) is 50.9 Å². The second-order valence-electron chi connectivity index (χ2n) is 4.31. The van der Waals surface area contributed by atoms with Gasteiger partial charge in [-0.2, -0.15) is 17.4 Å². The topological polar surface area (TPSA) is 109 Å². The van der Waals surface area contributed by atoms with Crippen molar-refractivity contribution in [1.29, 1.82) is 5.41 Å². The van der Waals surface area contributed by atoms with Gasteiger partial charge >= 0.3 is 0 Å². The van der Waals surface area contributed by atoms with Gasteiger partial charge in [-0.25, -0.2) is 0 Å². The second-order valence-corrected chi connectivity index (χ2v) is 6.01. The molecule has 0 aliphatic carbocycles. The van der Waals surface area contributed by atoms with Crippen LogP contribution in [0.25, 0.3) is 0 Å². The van der Waals surface area contributed by atoms with Crippen molar-refractivity contribution >= 4 is 16.0 Å². The Labute approximate surface area is 102 Å². The summed E-state index contributed by atoms with van der Waals surface area (Å²) in [4.78, 5) is 0. The maximum absolute atomic E-state index is 12.0. The Kier molecular flexibility index (Phi) is 4.87. The average Bonchev–Trinajstić information content (AvgIpc) is 2.26. The molecule has 0 aromatic carbocycles. The van der Waals surface area contributed by atoms with Gasteiger partial charge in [0.1, 0.15) is 5.84 Å². The predicted octanol–water partition coefficient (Wildman–Crippen LogP) is -0.886. The fourth-order valence-electron chi connectivity index (χ4n) is 1.58. The molecule has 0 bridgehead atoms. The first-order valence-electron chi connectivity index (χ1n) is 5.53. The molecule has 1 unspecified atom stereocenters. The minimum atomic E-state index is -3.59. The van der Waals surface area contributed by atoms with Crippen molar-refractivity contribution in [3.63, 3.8) is 0 Å². The Morgan fingerprint density at radius 3 is 2.35 bits per heavy atom. The van der Waals surface area contributed by atoms with Gasteiger partial charge in [-0.1, -0.05) is 13.8 Å². The molecule has 0 aromatic heterocycles. The van der Waals surface area contributed by atoms with E-state index in [1.165, 1.54) is 4.31 Å². The van der Waals surface area contributed by atoms with Gasteiger partial charge in [-0.15, -0.1) is 0 Å². The predicted molar refractivity (Wildman–Crippen MR) is 65.0 cm³/mol. The molecular formula is C9H20N4O3S. The van der Waals surface area contributed by atoms with Gasteiger partial charge in [-0.05, 0) is 5.92 Å². The average molecular weight is 264 g/mol. The van der Waals surface area contributed by atoms with Gasteiger partial charge in [0.05, 0.1) is 19.3 Å². The molecule has 100 valence electrons. The molecule has 0 saturated carbocycles. The van der Waals surface area contributed by atoms with Crippen LogP contribution in [0.3, 0.4) is 0 Å². The highest BCUT2D eigenvalue weighted by atomic mass is 32.2. The minimum absolute atomic E-state index is 0.0664. The molecule has 0 aromatic rings. The molecule has 17 heavy (non-hydrogen) atoms. The first-order chi connectivity index (χ1) is 7.84. The highest BCUT2D eigenvalue weighted by Gasteiger charge is 2.29. The Bertz CT molecular complexity index is 362. The number of hydrogen-bond acceptors (Lipinski definition) is 4. The van der Waals surface area contributed by atoms with Crippen LogP contribution in [0, 0.1) is 11.3 Å². The lowest BCUT2D eigenvalue weighted by atomic mass is 10.1. The van der Waals surface area contributed by atoms with Crippen LogP contribution >= 0.6 is 0 Å². The molecule has 8 heteroatoms. The van der Waals surface area contributed by atoms with Gasteiger partial charge in [0, 0.05) is 13.1 Å². The summed E-state index contributed by atoms with van der Waals surface area (Å²) in [6.45, 7) is 5.08. The van der Waals surface area contributed by atoms with E-state index >= 15 is 0 Å². The molecule has 0 amide bonds. The van der Waals surface area contributed by atoms with Crippen LogP contribution in [0.1, 0.15) is 13.8 Å². The Hall–Kier alpha value is -0.700. The van der Waals surface area contributed by atoms with E-state index in [-0.39, 0.29) is 11.8 Å². The van der Waals surface area contributed by atoms with Crippen LogP contribution in [0.5, 0.6) is 0 Å². The van der Waals surface area contributed by atoms with E-state index in [2.05, 4.69) is 4.72 Å². The van der Waals surface area contributed by atoms with Crippen molar-refractivity contribution in [1.82, 2.24) is 9.03 Å². The third-order valence-corrected chi connectivity index (χ3v) is 4.18. The van der Waals surface area contributed by atoms with Gasteiger partial charge in [-0.3, -0.25) is 5.41 Å². The quantitative estimate of drug-likeness (QED) is 0.442. The zero-order valence-corrected chi connectivity index (χ0v) is 11.0. The number of nitrogens with zero attached hydrogens (tertiary/aromatic N) is 1. The smallest absolute Gasteiger partial charge is 0.280 e. The van der Waals surface area contributed by atoms with E-state index in [4.69, 9.17) is 15.9 Å². The van der Waals surface area contributed by atoms with Crippen LogP contribution in [-0.2, 0) is 14.9 Å². The zero-order valence-electron chi connectivity index (χ0n) is 10.1. The first kappa shape index (κ1) is 14.4. The molecule has 1 aliphatic heterocycles. The fraction of sp³-hybridized carbons (Fsp3) is 0.889. The number of hydrogen-bond donors (Lipinski definition) is 3. The summed E-state index contributed by atoms with van der Waals surface area (Å²) in [5, 5.41) is 7.38. The summed E-state index contributed by atoms with van der Waals surface area (Å²) in [6.07, 6.45) is 0. The summed E-state index contributed by atoms with van der Waals surface area (Å²) in [5.74, 6) is -0.236. The highest BCUT2D eigenvalue weighted by molar-refractivity contribution is 7.87. The lowest BCUT2D eigenvalue weighted by molar-refractivity contribution is 0.0723. The summed E-state index contributed by atoms with van der Waals surface area (Å²) < 4.78 is 32.9. The maximum Gasteiger partial charge on any atom is 0.280 e. The third kappa shape index (κ3) is 3.91. The monoisotopic (exact) mass is 264 g/mol. The van der Waals surface area contributed by atoms with Crippen molar-refractivity contribution in [3.8, 4) is 0 Å². The number of morpholine rings is 1. The normalized spacial score (nSPS) is 20.4. The lowest BCUT2D eigenvalue weighted by Gasteiger charge is -2.29. The molecule has 1 aliphatic rings. The molecule has 1 atom stereocenters. The SMILES string of the molecule is CC(C)C(NS(=O)(=O)N1CCOCC1)C(=N)N. The summed E-state index contributed by atoms with van der Waals surface area (Å²) in [6, 6.07) is -0.664. The summed E-state index contributed by atoms with van der Waals surface area (Å²) in [7, 11) is -3.59. The fourth-order valence-corrected chi connectivity index (χ4v) is 3.08. The molecular weight excluding hydrogens is 244 g/mol. The zero-order chi connectivity index (χ0) is 13.1. The van der Waals surface area contributed by atoms with E-state index < -0.39 is 16.3 Å². The number of amidine groups is 1. The molecule has 0 spiro atoms. The molecule has 4 N–H and O–H groups in total. The van der Waals surface area contributed by atoms with Crippen molar-refractivity contribution in [3.05, 3.63) is 0 Å². The first-order valence-corrected chi connectivity index (χ1v) is 6.97. The molecule has 0 radical (unpaired) electrons. The van der Waals surface area contributed by atoms with Gasteiger partial charge in [0.15, 0.2) is 0 Å². The van der Waals surface area contributed by atoms with E-state index in [1.807, 2.05) is 13.8 Å². The standard InChI is InChI=1S/C9H20N4O3S/c1-7(2)8(9(10)11)12-17(14,15)13-3-5-16-6-4-13/h7-8,12H,3-6H2,1-2H3,(H3,10,11). The number of nitrogens with one attached hydrogen (secondary N) is 2. The van der Waals surface area contributed by atoms with E-state index in [0.29, 0.717) is 26.3 Å². The molecule has 1 saturated heterocycles.